The van der Waals surface area contributed by atoms with Crippen LogP contribution < -0.4 is 5.30 Å². The summed E-state index contributed by atoms with van der Waals surface area (Å²) in [6.45, 7) is 6.13. The fraction of sp³-hybridized carbons (Fsp3) is 0.440. The van der Waals surface area contributed by atoms with Crippen molar-refractivity contribution in [2.45, 2.75) is 59.3 Å². The molecular formula is C25H33O4P. The first-order valence-electron chi connectivity index (χ1n) is 10.8. The van der Waals surface area contributed by atoms with Gasteiger partial charge in [-0.3, -0.25) is 9.59 Å². The normalized spacial score (nSPS) is 12.9. The van der Waals surface area contributed by atoms with Crippen LogP contribution in [0.15, 0.2) is 48.5 Å². The lowest BCUT2D eigenvalue weighted by molar-refractivity contribution is -0.140. The highest BCUT2D eigenvalue weighted by Gasteiger charge is 2.38. The van der Waals surface area contributed by atoms with E-state index >= 15 is 0 Å². The predicted molar refractivity (Wildman–Crippen MR) is 123 cm³/mol. The lowest BCUT2D eigenvalue weighted by Gasteiger charge is -2.19. The molecule has 0 saturated heterocycles. The highest BCUT2D eigenvalue weighted by molar-refractivity contribution is 7.88. The van der Waals surface area contributed by atoms with E-state index in [1.807, 2.05) is 32.0 Å². The van der Waals surface area contributed by atoms with Crippen LogP contribution in [0.3, 0.4) is 0 Å². The first-order valence-corrected chi connectivity index (χ1v) is 12.7. The Morgan fingerprint density at radius 1 is 0.833 bits per heavy atom. The monoisotopic (exact) mass is 428 g/mol. The van der Waals surface area contributed by atoms with Gasteiger partial charge >= 0.3 is 5.97 Å². The molecular weight excluding hydrogens is 395 g/mol. The highest BCUT2D eigenvalue weighted by atomic mass is 31.2. The van der Waals surface area contributed by atoms with E-state index < -0.39 is 24.8 Å². The fourth-order valence-corrected chi connectivity index (χ4v) is 5.96. The third-order valence-electron chi connectivity index (χ3n) is 5.31. The summed E-state index contributed by atoms with van der Waals surface area (Å²) in [5, 5.41) is 0.397. The Morgan fingerprint density at radius 3 is 2.07 bits per heavy atom. The summed E-state index contributed by atoms with van der Waals surface area (Å²) >= 11 is 0. The van der Waals surface area contributed by atoms with Crippen LogP contribution in [-0.4, -0.2) is 24.3 Å². The summed E-state index contributed by atoms with van der Waals surface area (Å²) in [5.74, 6) is -0.574. The maximum Gasteiger partial charge on any atom is 0.314 e. The van der Waals surface area contributed by atoms with Gasteiger partial charge in [0.15, 0.2) is 7.14 Å². The largest absolute Gasteiger partial charge is 0.465 e. The number of rotatable bonds is 12. The van der Waals surface area contributed by atoms with Crippen molar-refractivity contribution < 1.29 is 18.9 Å². The molecule has 30 heavy (non-hydrogen) atoms. The van der Waals surface area contributed by atoms with Crippen molar-refractivity contribution >= 4 is 23.9 Å². The summed E-state index contributed by atoms with van der Waals surface area (Å²) in [4.78, 5) is 26.0. The van der Waals surface area contributed by atoms with E-state index in [2.05, 4.69) is 6.92 Å². The topological polar surface area (TPSA) is 60.4 Å². The number of benzene rings is 2. The molecule has 162 valence electrons. The summed E-state index contributed by atoms with van der Waals surface area (Å²) in [5.41, 5.74) is 1.49. The van der Waals surface area contributed by atoms with Gasteiger partial charge in [-0.1, -0.05) is 87.6 Å². The van der Waals surface area contributed by atoms with Gasteiger partial charge in [0.1, 0.15) is 6.16 Å². The number of aryl methyl sites for hydroxylation is 2. The van der Waals surface area contributed by atoms with E-state index in [1.165, 1.54) is 19.3 Å². The third kappa shape index (κ3) is 6.40. The molecule has 1 unspecified atom stereocenters. The van der Waals surface area contributed by atoms with Crippen LogP contribution >= 0.6 is 7.14 Å². The Kier molecular flexibility index (Phi) is 9.52. The van der Waals surface area contributed by atoms with Crippen LogP contribution in [0, 0.1) is 13.8 Å². The quantitative estimate of drug-likeness (QED) is 0.235. The van der Waals surface area contributed by atoms with E-state index in [9.17, 15) is 14.2 Å². The second-order valence-corrected chi connectivity index (χ2v) is 10.5. The van der Waals surface area contributed by atoms with E-state index in [-0.39, 0.29) is 0 Å². The summed E-state index contributed by atoms with van der Waals surface area (Å²) in [6.07, 6.45) is 6.12. The molecule has 5 heteroatoms. The first kappa shape index (κ1) is 24.1. The Balaban J connectivity index is 2.14. The number of hydrogen-bond donors (Lipinski definition) is 0. The second-order valence-electron chi connectivity index (χ2n) is 7.79. The summed E-state index contributed by atoms with van der Waals surface area (Å²) in [6, 6.07) is 14.1. The van der Waals surface area contributed by atoms with Gasteiger partial charge in [0, 0.05) is 10.9 Å². The smallest absolute Gasteiger partial charge is 0.314 e. The van der Waals surface area contributed by atoms with Crippen molar-refractivity contribution in [3.8, 4) is 0 Å². The molecule has 0 radical (unpaired) electrons. The van der Waals surface area contributed by atoms with E-state index in [4.69, 9.17) is 4.74 Å². The highest BCUT2D eigenvalue weighted by Crippen LogP contribution is 2.48. The molecule has 0 saturated carbocycles. The maximum absolute atomic E-state index is 14.0. The number of carbonyl (C=O) groups excluding carboxylic acids is 2. The van der Waals surface area contributed by atoms with Crippen LogP contribution in [0.1, 0.15) is 66.9 Å². The van der Waals surface area contributed by atoms with Crippen molar-refractivity contribution in [1.29, 1.82) is 0 Å². The summed E-state index contributed by atoms with van der Waals surface area (Å²) < 4.78 is 19.3. The molecule has 4 nitrogen and oxygen atoms in total. The molecule has 0 amide bonds. The number of ether oxygens (including phenoxy) is 1. The molecule has 0 aliphatic heterocycles. The molecule has 0 aliphatic carbocycles. The average Bonchev–Trinajstić information content (AvgIpc) is 2.73. The molecule has 0 fully saturated rings. The maximum atomic E-state index is 14.0. The molecule has 2 aromatic rings. The Morgan fingerprint density at radius 2 is 1.43 bits per heavy atom. The lowest BCUT2D eigenvalue weighted by atomic mass is 10.0. The molecule has 2 aromatic carbocycles. The zero-order valence-corrected chi connectivity index (χ0v) is 19.3. The second kappa shape index (κ2) is 11.9. The average molecular weight is 429 g/mol. The summed E-state index contributed by atoms with van der Waals surface area (Å²) in [7, 11) is -3.68. The van der Waals surface area contributed by atoms with E-state index in [0.717, 1.165) is 30.4 Å². The number of esters is 1. The van der Waals surface area contributed by atoms with Crippen LogP contribution in [-0.2, 0) is 14.1 Å². The van der Waals surface area contributed by atoms with Gasteiger partial charge in [-0.05, 0) is 31.4 Å². The number of hydrogen-bond acceptors (Lipinski definition) is 4. The molecule has 0 aliphatic rings. The van der Waals surface area contributed by atoms with Crippen molar-refractivity contribution in [2.75, 3.05) is 12.8 Å². The first-order chi connectivity index (χ1) is 14.4. The lowest BCUT2D eigenvalue weighted by Crippen LogP contribution is -2.23. The Labute approximate surface area is 180 Å². The van der Waals surface area contributed by atoms with Crippen molar-refractivity contribution in [1.82, 2.24) is 0 Å². The third-order valence-corrected chi connectivity index (χ3v) is 8.02. The molecule has 1 atom stereocenters. The van der Waals surface area contributed by atoms with Gasteiger partial charge < -0.3 is 9.30 Å². The molecule has 0 aromatic heterocycles. The van der Waals surface area contributed by atoms with Crippen molar-refractivity contribution in [3.05, 3.63) is 65.2 Å². The molecule has 2 rings (SSSR count). The number of carbonyl (C=O) groups is 2. The van der Waals surface area contributed by atoms with E-state index in [0.29, 0.717) is 17.5 Å². The van der Waals surface area contributed by atoms with Crippen LogP contribution in [0.25, 0.3) is 0 Å². The van der Waals surface area contributed by atoms with Gasteiger partial charge in [-0.25, -0.2) is 0 Å². The van der Waals surface area contributed by atoms with Crippen LogP contribution in [0.2, 0.25) is 0 Å². The van der Waals surface area contributed by atoms with Gasteiger partial charge in [-0.2, -0.15) is 0 Å². The molecule has 0 heterocycles. The number of unbranched alkanes of at least 4 members (excludes halogenated alkanes) is 5. The minimum absolute atomic E-state index is 0.303. The van der Waals surface area contributed by atoms with Crippen LogP contribution in [0.5, 0.6) is 0 Å². The Hall–Kier alpha value is -2.19. The minimum atomic E-state index is -3.68. The van der Waals surface area contributed by atoms with Gasteiger partial charge in [-0.15, -0.1) is 0 Å². The van der Waals surface area contributed by atoms with Crippen LogP contribution in [0.4, 0.5) is 0 Å². The van der Waals surface area contributed by atoms with E-state index in [1.54, 1.807) is 30.3 Å². The standard InChI is InChI=1S/C25H33O4P/c1-4-5-6-7-8-12-18-29-23(26)19-30(28,22-16-10-9-11-17-22)25(27)24-20(2)14-13-15-21(24)3/h9-11,13-17H,4-8,12,18-19H2,1-3H3. The zero-order chi connectivity index (χ0) is 22.0. The fourth-order valence-electron chi connectivity index (χ4n) is 3.58. The SMILES string of the molecule is CCCCCCCCOC(=O)CP(=O)(C(=O)c1c(C)cccc1C)c1ccccc1. The zero-order valence-electron chi connectivity index (χ0n) is 18.4. The van der Waals surface area contributed by atoms with Gasteiger partial charge in [0.25, 0.3) is 0 Å². The predicted octanol–water partition coefficient (Wildman–Crippen LogP) is 6.04. The van der Waals surface area contributed by atoms with Crippen molar-refractivity contribution in [3.63, 3.8) is 0 Å². The van der Waals surface area contributed by atoms with Gasteiger partial charge in [0.2, 0.25) is 5.52 Å². The Bertz CT molecular complexity index is 869. The molecule has 0 spiro atoms. The minimum Gasteiger partial charge on any atom is -0.465 e. The van der Waals surface area contributed by atoms with Gasteiger partial charge in [0.05, 0.1) is 6.61 Å². The molecule has 0 bridgehead atoms. The molecule has 0 N–H and O–H groups in total. The van der Waals surface area contributed by atoms with Crippen molar-refractivity contribution in [2.24, 2.45) is 0 Å².